The Bertz CT molecular complexity index is 755. The lowest BCUT2D eigenvalue weighted by Crippen LogP contribution is -2.57. The molecule has 0 spiro atoms. The lowest BCUT2D eigenvalue weighted by atomic mass is 10.1. The molecule has 4 rings (SSSR count). The average Bonchev–Trinajstić information content (AvgIpc) is 3.54. The number of guanidine groups is 1. The molecular formula is C25H40N6O. The Kier molecular flexibility index (Phi) is 7.90. The molecule has 3 fully saturated rings. The molecule has 0 saturated carbocycles. The van der Waals surface area contributed by atoms with Crippen molar-refractivity contribution in [1.29, 1.82) is 0 Å². The van der Waals surface area contributed by atoms with E-state index in [1.54, 1.807) is 0 Å². The number of hydrogen-bond acceptors (Lipinski definition) is 4. The van der Waals surface area contributed by atoms with E-state index in [1.807, 2.05) is 4.90 Å². The third kappa shape index (κ3) is 5.55. The van der Waals surface area contributed by atoms with Crippen molar-refractivity contribution in [3.63, 3.8) is 0 Å². The first kappa shape index (κ1) is 22.9. The van der Waals surface area contributed by atoms with Gasteiger partial charge in [0.15, 0.2) is 5.96 Å². The highest BCUT2D eigenvalue weighted by atomic mass is 16.2. The largest absolute Gasteiger partial charge is 0.371 e. The summed E-state index contributed by atoms with van der Waals surface area (Å²) in [6.45, 7) is 13.7. The lowest BCUT2D eigenvalue weighted by Gasteiger charge is -2.39. The smallest absolute Gasteiger partial charge is 0.239 e. The van der Waals surface area contributed by atoms with Gasteiger partial charge in [-0.3, -0.25) is 14.7 Å². The molecule has 3 aliphatic heterocycles. The van der Waals surface area contributed by atoms with Crippen molar-refractivity contribution in [3.8, 4) is 0 Å². The number of piperazine rings is 1. The minimum atomic E-state index is -0.0165. The normalized spacial score (nSPS) is 23.6. The first-order valence-corrected chi connectivity index (χ1v) is 12.5. The Balaban J connectivity index is 1.28. The summed E-state index contributed by atoms with van der Waals surface area (Å²) >= 11 is 0. The standard InChI is InChI=1S/C25H40N6O/c1-3-26-25(27-19-22-11-14-31(20-22)23-9-5-4-6-10-23)30-17-15-28(16-18-30)21(2)24(32)29-12-7-8-13-29/h4-6,9-10,21-22H,3,7-8,11-20H2,1-2H3,(H,26,27). The van der Waals surface area contributed by atoms with Gasteiger partial charge >= 0.3 is 0 Å². The molecule has 3 aliphatic rings. The highest BCUT2D eigenvalue weighted by molar-refractivity contribution is 5.82. The quantitative estimate of drug-likeness (QED) is 0.542. The zero-order valence-electron chi connectivity index (χ0n) is 19.9. The second-order valence-corrected chi connectivity index (χ2v) is 9.36. The fraction of sp³-hybridized carbons (Fsp3) is 0.680. The van der Waals surface area contributed by atoms with Gasteiger partial charge < -0.3 is 20.0 Å². The summed E-state index contributed by atoms with van der Waals surface area (Å²) in [7, 11) is 0. The van der Waals surface area contributed by atoms with Gasteiger partial charge in [0.25, 0.3) is 0 Å². The molecule has 1 amide bonds. The molecule has 1 N–H and O–H groups in total. The number of aliphatic imine (C=N–C) groups is 1. The van der Waals surface area contributed by atoms with Crippen molar-refractivity contribution in [1.82, 2.24) is 20.0 Å². The van der Waals surface area contributed by atoms with Crippen LogP contribution in [0, 0.1) is 5.92 Å². The Morgan fingerprint density at radius 1 is 1.03 bits per heavy atom. The van der Waals surface area contributed by atoms with Gasteiger partial charge in [0.05, 0.1) is 6.04 Å². The predicted octanol–water partition coefficient (Wildman–Crippen LogP) is 2.11. The van der Waals surface area contributed by atoms with Crippen molar-refractivity contribution in [2.75, 3.05) is 70.3 Å². The topological polar surface area (TPSA) is 54.4 Å². The Morgan fingerprint density at radius 2 is 1.75 bits per heavy atom. The van der Waals surface area contributed by atoms with Gasteiger partial charge in [-0.05, 0) is 51.2 Å². The van der Waals surface area contributed by atoms with E-state index in [0.717, 1.165) is 84.2 Å². The minimum absolute atomic E-state index is 0.0165. The van der Waals surface area contributed by atoms with Gasteiger partial charge in [0, 0.05) is 71.1 Å². The highest BCUT2D eigenvalue weighted by Crippen LogP contribution is 2.23. The second kappa shape index (κ2) is 11.0. The highest BCUT2D eigenvalue weighted by Gasteiger charge is 2.30. The number of rotatable bonds is 6. The molecule has 7 heteroatoms. The summed E-state index contributed by atoms with van der Waals surface area (Å²) in [4.78, 5) is 27.0. The number of likely N-dealkylation sites (tertiary alicyclic amines) is 1. The number of amides is 1. The van der Waals surface area contributed by atoms with Crippen molar-refractivity contribution < 1.29 is 4.79 Å². The molecule has 0 radical (unpaired) electrons. The van der Waals surface area contributed by atoms with E-state index in [1.165, 1.54) is 12.1 Å². The van der Waals surface area contributed by atoms with Crippen LogP contribution in [-0.4, -0.2) is 98.1 Å². The Hall–Kier alpha value is -2.28. The van der Waals surface area contributed by atoms with Crippen molar-refractivity contribution in [3.05, 3.63) is 30.3 Å². The van der Waals surface area contributed by atoms with Gasteiger partial charge in [-0.25, -0.2) is 0 Å². The lowest BCUT2D eigenvalue weighted by molar-refractivity contribution is -0.135. The zero-order valence-corrected chi connectivity index (χ0v) is 19.9. The van der Waals surface area contributed by atoms with Crippen LogP contribution < -0.4 is 10.2 Å². The van der Waals surface area contributed by atoms with E-state index in [4.69, 9.17) is 4.99 Å². The molecule has 1 aromatic carbocycles. The van der Waals surface area contributed by atoms with E-state index in [0.29, 0.717) is 11.8 Å². The minimum Gasteiger partial charge on any atom is -0.371 e. The molecule has 1 aromatic rings. The summed E-state index contributed by atoms with van der Waals surface area (Å²) in [5, 5.41) is 3.50. The van der Waals surface area contributed by atoms with E-state index < -0.39 is 0 Å². The predicted molar refractivity (Wildman–Crippen MR) is 131 cm³/mol. The molecule has 2 unspecified atom stereocenters. The molecule has 3 saturated heterocycles. The number of carbonyl (C=O) groups excluding carboxylic acids is 1. The summed E-state index contributed by atoms with van der Waals surface area (Å²) < 4.78 is 0. The van der Waals surface area contributed by atoms with Gasteiger partial charge in [0.1, 0.15) is 0 Å². The van der Waals surface area contributed by atoms with Crippen LogP contribution in [0.15, 0.2) is 35.3 Å². The van der Waals surface area contributed by atoms with Crippen LogP contribution in [0.3, 0.4) is 0 Å². The van der Waals surface area contributed by atoms with Crippen LogP contribution in [0.4, 0.5) is 5.69 Å². The molecule has 0 bridgehead atoms. The second-order valence-electron chi connectivity index (χ2n) is 9.36. The first-order chi connectivity index (χ1) is 15.7. The van der Waals surface area contributed by atoms with E-state index in [2.05, 4.69) is 64.2 Å². The van der Waals surface area contributed by atoms with Gasteiger partial charge in [-0.1, -0.05) is 18.2 Å². The number of nitrogens with zero attached hydrogens (tertiary/aromatic N) is 5. The van der Waals surface area contributed by atoms with Crippen LogP contribution in [0.1, 0.15) is 33.1 Å². The van der Waals surface area contributed by atoms with Gasteiger partial charge in [-0.2, -0.15) is 0 Å². The molecule has 0 aliphatic carbocycles. The van der Waals surface area contributed by atoms with Crippen molar-refractivity contribution in [2.24, 2.45) is 10.9 Å². The monoisotopic (exact) mass is 440 g/mol. The summed E-state index contributed by atoms with van der Waals surface area (Å²) in [6, 6.07) is 10.7. The number of hydrogen-bond donors (Lipinski definition) is 1. The molecule has 176 valence electrons. The van der Waals surface area contributed by atoms with Crippen LogP contribution in [0.5, 0.6) is 0 Å². The van der Waals surface area contributed by atoms with E-state index in [9.17, 15) is 4.79 Å². The van der Waals surface area contributed by atoms with E-state index >= 15 is 0 Å². The zero-order chi connectivity index (χ0) is 22.3. The third-order valence-electron chi connectivity index (χ3n) is 7.18. The third-order valence-corrected chi connectivity index (χ3v) is 7.18. The van der Waals surface area contributed by atoms with Crippen molar-refractivity contribution in [2.45, 2.75) is 39.2 Å². The molecule has 2 atom stereocenters. The maximum Gasteiger partial charge on any atom is 0.239 e. The van der Waals surface area contributed by atoms with Gasteiger partial charge in [0.2, 0.25) is 5.91 Å². The van der Waals surface area contributed by atoms with Crippen LogP contribution in [0.25, 0.3) is 0 Å². The van der Waals surface area contributed by atoms with Crippen molar-refractivity contribution >= 4 is 17.6 Å². The fourth-order valence-electron chi connectivity index (χ4n) is 5.18. The number of benzene rings is 1. The maximum absolute atomic E-state index is 12.8. The van der Waals surface area contributed by atoms with Crippen LogP contribution in [0.2, 0.25) is 0 Å². The number of carbonyl (C=O) groups is 1. The molecular weight excluding hydrogens is 400 g/mol. The summed E-state index contributed by atoms with van der Waals surface area (Å²) in [5.74, 6) is 1.94. The Labute approximate surface area is 193 Å². The molecule has 3 heterocycles. The Morgan fingerprint density at radius 3 is 2.44 bits per heavy atom. The number of anilines is 1. The van der Waals surface area contributed by atoms with Crippen LogP contribution >= 0.6 is 0 Å². The maximum atomic E-state index is 12.8. The molecule has 32 heavy (non-hydrogen) atoms. The van der Waals surface area contributed by atoms with Crippen LogP contribution in [-0.2, 0) is 4.79 Å². The molecule has 7 nitrogen and oxygen atoms in total. The fourth-order valence-corrected chi connectivity index (χ4v) is 5.18. The van der Waals surface area contributed by atoms with E-state index in [-0.39, 0.29) is 6.04 Å². The SMILES string of the molecule is CCNC(=NCC1CCN(c2ccccc2)C1)N1CCN(C(C)C(=O)N2CCCC2)CC1. The summed E-state index contributed by atoms with van der Waals surface area (Å²) in [5.41, 5.74) is 1.32. The summed E-state index contributed by atoms with van der Waals surface area (Å²) in [6.07, 6.45) is 3.50. The number of para-hydroxylation sites is 1. The number of nitrogens with one attached hydrogen (secondary N) is 1. The first-order valence-electron chi connectivity index (χ1n) is 12.5. The molecule has 0 aromatic heterocycles. The average molecular weight is 441 g/mol. The van der Waals surface area contributed by atoms with Gasteiger partial charge in [-0.15, -0.1) is 0 Å².